The smallest absolute Gasteiger partial charge is 0.0254 e. The van der Waals surface area contributed by atoms with Crippen molar-refractivity contribution in [1.82, 2.24) is 0 Å². The molecule has 4 aliphatic rings. The molecule has 0 nitrogen and oxygen atoms in total. The zero-order valence-corrected chi connectivity index (χ0v) is 16.8. The molecule has 0 aromatic heterocycles. The van der Waals surface area contributed by atoms with Crippen LogP contribution in [0.3, 0.4) is 0 Å². The first-order valence-electron chi connectivity index (χ1n) is 11.3. The van der Waals surface area contributed by atoms with E-state index < -0.39 is 0 Å². The van der Waals surface area contributed by atoms with Crippen molar-refractivity contribution in [3.8, 4) is 0 Å². The molecule has 0 spiro atoms. The van der Waals surface area contributed by atoms with Crippen LogP contribution < -0.4 is 0 Å². The summed E-state index contributed by atoms with van der Waals surface area (Å²) in [7, 11) is 0. The van der Waals surface area contributed by atoms with E-state index in [4.69, 9.17) is 0 Å². The van der Waals surface area contributed by atoms with E-state index in [1.54, 1.807) is 5.57 Å². The fourth-order valence-electron chi connectivity index (χ4n) is 8.07. The summed E-state index contributed by atoms with van der Waals surface area (Å²) in [4.78, 5) is 0. The van der Waals surface area contributed by atoms with Crippen LogP contribution in [0, 0.1) is 34.5 Å². The quantitative estimate of drug-likeness (QED) is 0.493. The van der Waals surface area contributed by atoms with Crippen LogP contribution in [0.4, 0.5) is 0 Å². The predicted octanol–water partition coefficient (Wildman–Crippen LogP) is 7.50. The van der Waals surface area contributed by atoms with Gasteiger partial charge >= 0.3 is 0 Å². The Morgan fingerprint density at radius 2 is 1.73 bits per heavy atom. The average Bonchev–Trinajstić information content (AvgIpc) is 2.98. The van der Waals surface area contributed by atoms with Crippen molar-refractivity contribution in [3.63, 3.8) is 0 Å². The van der Waals surface area contributed by atoms with Gasteiger partial charge in [0.2, 0.25) is 0 Å². The molecule has 0 amide bonds. The molecule has 0 aliphatic heterocycles. The second-order valence-corrected chi connectivity index (χ2v) is 10.7. The number of rotatable bonds is 1. The van der Waals surface area contributed by atoms with Crippen LogP contribution in [0.5, 0.6) is 0 Å². The second-order valence-electron chi connectivity index (χ2n) is 10.7. The third-order valence-electron chi connectivity index (χ3n) is 9.38. The van der Waals surface area contributed by atoms with Crippen LogP contribution in [0.2, 0.25) is 0 Å². The molecule has 5 rings (SSSR count). The maximum absolute atomic E-state index is 2.70. The molecule has 0 saturated heterocycles. The van der Waals surface area contributed by atoms with Gasteiger partial charge in [-0.2, -0.15) is 0 Å². The standard InChI is InChI=1S/C26H36/c1-25-15-13-23-22(12-11-21-10-6-7-14-26(21,23)2)24(25)17-20(18-25)16-19-8-4-3-5-9-19/h3-5,8-9,16,21-24H,6-7,10-15,17-18H2,1-2H3/b20-16+/t21-,22?,23?,24?,25?,26?/m1/s1. The van der Waals surface area contributed by atoms with Gasteiger partial charge in [-0.3, -0.25) is 0 Å². The van der Waals surface area contributed by atoms with E-state index in [-0.39, 0.29) is 0 Å². The van der Waals surface area contributed by atoms with E-state index in [9.17, 15) is 0 Å². The molecule has 140 valence electrons. The third-order valence-corrected chi connectivity index (χ3v) is 9.38. The summed E-state index contributed by atoms with van der Waals surface area (Å²) in [5.74, 6) is 4.03. The summed E-state index contributed by atoms with van der Waals surface area (Å²) in [5.41, 5.74) is 4.40. The Kier molecular flexibility index (Phi) is 4.11. The van der Waals surface area contributed by atoms with E-state index in [0.717, 1.165) is 23.7 Å². The fraction of sp³-hybridized carbons (Fsp3) is 0.692. The summed E-state index contributed by atoms with van der Waals surface area (Å²) < 4.78 is 0. The molecule has 0 N–H and O–H groups in total. The minimum atomic E-state index is 0.583. The average molecular weight is 349 g/mol. The molecule has 0 heterocycles. The topological polar surface area (TPSA) is 0 Å². The van der Waals surface area contributed by atoms with Gasteiger partial charge in [0.05, 0.1) is 0 Å². The van der Waals surface area contributed by atoms with Gasteiger partial charge in [-0.25, -0.2) is 0 Å². The molecule has 4 saturated carbocycles. The molecule has 6 atom stereocenters. The molecule has 1 aromatic carbocycles. The van der Waals surface area contributed by atoms with Gasteiger partial charge in [0, 0.05) is 0 Å². The predicted molar refractivity (Wildman–Crippen MR) is 111 cm³/mol. The summed E-state index contributed by atoms with van der Waals surface area (Å²) >= 11 is 0. The van der Waals surface area contributed by atoms with Crippen LogP contribution in [0.25, 0.3) is 6.08 Å². The number of fused-ring (bicyclic) bond motifs is 5. The minimum absolute atomic E-state index is 0.583. The van der Waals surface area contributed by atoms with Crippen molar-refractivity contribution in [2.45, 2.75) is 78.1 Å². The first-order valence-corrected chi connectivity index (χ1v) is 11.3. The Morgan fingerprint density at radius 1 is 0.885 bits per heavy atom. The number of hydrogen-bond donors (Lipinski definition) is 0. The second kappa shape index (κ2) is 6.25. The first kappa shape index (κ1) is 17.1. The maximum Gasteiger partial charge on any atom is -0.0254 e. The lowest BCUT2D eigenvalue weighted by Gasteiger charge is -2.59. The van der Waals surface area contributed by atoms with Gasteiger partial charge in [0.1, 0.15) is 0 Å². The van der Waals surface area contributed by atoms with Crippen LogP contribution in [-0.2, 0) is 0 Å². The molecule has 0 radical (unpaired) electrons. The molecule has 4 aliphatic carbocycles. The van der Waals surface area contributed by atoms with Crippen molar-refractivity contribution >= 4 is 6.08 Å². The molecule has 5 unspecified atom stereocenters. The van der Waals surface area contributed by atoms with Crippen molar-refractivity contribution in [1.29, 1.82) is 0 Å². The van der Waals surface area contributed by atoms with Gasteiger partial charge in [0.25, 0.3) is 0 Å². The zero-order valence-electron chi connectivity index (χ0n) is 16.8. The normalized spacial score (nSPS) is 46.5. The highest BCUT2D eigenvalue weighted by Crippen LogP contribution is 2.66. The summed E-state index contributed by atoms with van der Waals surface area (Å²) in [6.07, 6.45) is 17.4. The molecule has 1 aromatic rings. The van der Waals surface area contributed by atoms with Gasteiger partial charge < -0.3 is 0 Å². The molecule has 0 heteroatoms. The fourth-order valence-corrected chi connectivity index (χ4v) is 8.07. The maximum atomic E-state index is 2.70. The zero-order chi connectivity index (χ0) is 17.8. The van der Waals surface area contributed by atoms with Crippen LogP contribution in [0.1, 0.15) is 83.6 Å². The number of benzene rings is 1. The van der Waals surface area contributed by atoms with Crippen LogP contribution in [0.15, 0.2) is 35.9 Å². The largest absolute Gasteiger partial charge is 0.0688 e. The van der Waals surface area contributed by atoms with E-state index in [1.807, 2.05) is 0 Å². The SMILES string of the molecule is CC12CCC3C(CC[C@H]4CCCCC34C)C1C/C(=C\c1ccccc1)C2. The Labute approximate surface area is 160 Å². The van der Waals surface area contributed by atoms with Gasteiger partial charge in [-0.05, 0) is 91.4 Å². The number of allylic oxidation sites excluding steroid dienone is 1. The lowest BCUT2D eigenvalue weighted by molar-refractivity contribution is -0.103. The van der Waals surface area contributed by atoms with Gasteiger partial charge in [-0.1, -0.05) is 68.7 Å². The molecule has 26 heavy (non-hydrogen) atoms. The minimum Gasteiger partial charge on any atom is -0.0688 e. The van der Waals surface area contributed by atoms with Crippen LogP contribution in [-0.4, -0.2) is 0 Å². The van der Waals surface area contributed by atoms with Crippen LogP contribution >= 0.6 is 0 Å². The Hall–Kier alpha value is -1.04. The number of hydrogen-bond acceptors (Lipinski definition) is 0. The highest BCUT2D eigenvalue weighted by Gasteiger charge is 2.57. The van der Waals surface area contributed by atoms with Crippen molar-refractivity contribution in [2.75, 3.05) is 0 Å². The van der Waals surface area contributed by atoms with E-state index in [0.29, 0.717) is 10.8 Å². The van der Waals surface area contributed by atoms with Gasteiger partial charge in [-0.15, -0.1) is 0 Å². The summed E-state index contributed by atoms with van der Waals surface area (Å²) in [6, 6.07) is 11.0. The van der Waals surface area contributed by atoms with E-state index in [1.165, 1.54) is 69.8 Å². The Morgan fingerprint density at radius 3 is 2.58 bits per heavy atom. The Balaban J connectivity index is 1.42. The third kappa shape index (κ3) is 2.62. The van der Waals surface area contributed by atoms with E-state index >= 15 is 0 Å². The molecular formula is C26H36. The van der Waals surface area contributed by atoms with Crippen molar-refractivity contribution in [3.05, 3.63) is 41.5 Å². The molecule has 4 fully saturated rings. The lowest BCUT2D eigenvalue weighted by Crippen LogP contribution is -2.51. The highest BCUT2D eigenvalue weighted by molar-refractivity contribution is 5.54. The van der Waals surface area contributed by atoms with E-state index in [2.05, 4.69) is 50.3 Å². The molecular weight excluding hydrogens is 312 g/mol. The summed E-state index contributed by atoms with van der Waals surface area (Å²) in [5, 5.41) is 0. The lowest BCUT2D eigenvalue weighted by atomic mass is 9.45. The van der Waals surface area contributed by atoms with Crippen molar-refractivity contribution < 1.29 is 0 Å². The monoisotopic (exact) mass is 348 g/mol. The summed E-state index contributed by atoms with van der Waals surface area (Å²) in [6.45, 7) is 5.33. The first-order chi connectivity index (χ1) is 12.6. The van der Waals surface area contributed by atoms with Crippen molar-refractivity contribution in [2.24, 2.45) is 34.5 Å². The molecule has 0 bridgehead atoms. The van der Waals surface area contributed by atoms with Gasteiger partial charge in [0.15, 0.2) is 0 Å². The highest BCUT2D eigenvalue weighted by atomic mass is 14.6. The Bertz CT molecular complexity index is 685.